The number of nitrogens with two attached hydrogens (primary N) is 1. The Morgan fingerprint density at radius 2 is 2.00 bits per heavy atom. The molecule has 1 aliphatic rings. The number of hydrogen-bond donors (Lipinski definition) is 2. The number of hydrogen-bond acceptors (Lipinski definition) is 2. The molecule has 16 heavy (non-hydrogen) atoms. The second-order valence-electron chi connectivity index (χ2n) is 4.55. The van der Waals surface area contributed by atoms with Crippen LogP contribution in [0, 0.1) is 0 Å². The molecule has 0 aliphatic heterocycles. The van der Waals surface area contributed by atoms with Crippen LogP contribution in [-0.2, 0) is 4.79 Å². The van der Waals surface area contributed by atoms with Crippen LogP contribution in [0.3, 0.4) is 0 Å². The average Bonchev–Trinajstić information content (AvgIpc) is 2.30. The number of benzene rings is 1. The molecule has 86 valence electrons. The van der Waals surface area contributed by atoms with E-state index >= 15 is 0 Å². The summed E-state index contributed by atoms with van der Waals surface area (Å²) in [5.41, 5.74) is 6.04. The van der Waals surface area contributed by atoms with E-state index in [1.807, 2.05) is 30.3 Å². The van der Waals surface area contributed by atoms with Crippen molar-refractivity contribution in [2.45, 2.75) is 37.1 Å². The summed E-state index contributed by atoms with van der Waals surface area (Å²) in [6.07, 6.45) is 3.41. The Balaban J connectivity index is 2.34. The summed E-state index contributed by atoms with van der Waals surface area (Å²) < 4.78 is 0. The van der Waals surface area contributed by atoms with Gasteiger partial charge in [0.2, 0.25) is 0 Å². The maximum Gasteiger partial charge on any atom is 0.324 e. The van der Waals surface area contributed by atoms with Gasteiger partial charge < -0.3 is 10.8 Å². The van der Waals surface area contributed by atoms with Gasteiger partial charge in [-0.2, -0.15) is 0 Å². The van der Waals surface area contributed by atoms with Crippen LogP contribution < -0.4 is 5.73 Å². The van der Waals surface area contributed by atoms with Crippen molar-refractivity contribution in [1.29, 1.82) is 0 Å². The van der Waals surface area contributed by atoms with Crippen molar-refractivity contribution >= 4 is 5.97 Å². The molecule has 3 heteroatoms. The van der Waals surface area contributed by atoms with Crippen LogP contribution in [0.5, 0.6) is 0 Å². The molecule has 0 radical (unpaired) electrons. The minimum atomic E-state index is -1.08. The summed E-state index contributed by atoms with van der Waals surface area (Å²) in [5.74, 6) is -0.930. The van der Waals surface area contributed by atoms with E-state index in [4.69, 9.17) is 5.73 Å². The lowest BCUT2D eigenvalue weighted by atomic mass is 9.70. The molecule has 0 aromatic heterocycles. The van der Waals surface area contributed by atoms with Gasteiger partial charge in [-0.1, -0.05) is 43.2 Å². The molecule has 1 aliphatic carbocycles. The second-order valence-corrected chi connectivity index (χ2v) is 4.55. The minimum Gasteiger partial charge on any atom is -0.480 e. The van der Waals surface area contributed by atoms with Crippen molar-refractivity contribution in [2.75, 3.05) is 0 Å². The third kappa shape index (κ3) is 1.83. The lowest BCUT2D eigenvalue weighted by molar-refractivity contribution is -0.145. The number of rotatable bonds is 2. The molecule has 0 unspecified atom stereocenters. The maximum atomic E-state index is 11.3. The third-order valence-electron chi connectivity index (χ3n) is 3.56. The van der Waals surface area contributed by atoms with E-state index in [1.165, 1.54) is 0 Å². The Hall–Kier alpha value is -1.35. The van der Waals surface area contributed by atoms with Crippen molar-refractivity contribution in [2.24, 2.45) is 5.73 Å². The molecular weight excluding hydrogens is 202 g/mol. The van der Waals surface area contributed by atoms with Crippen molar-refractivity contribution in [1.82, 2.24) is 0 Å². The summed E-state index contributed by atoms with van der Waals surface area (Å²) >= 11 is 0. The summed E-state index contributed by atoms with van der Waals surface area (Å²) in [6.45, 7) is 0. The molecule has 3 nitrogen and oxygen atoms in total. The van der Waals surface area contributed by atoms with E-state index in [2.05, 4.69) is 0 Å². The summed E-state index contributed by atoms with van der Waals surface area (Å²) in [7, 11) is 0. The number of aliphatic carboxylic acids is 1. The molecule has 0 saturated heterocycles. The molecular formula is C13H17NO2. The van der Waals surface area contributed by atoms with Crippen molar-refractivity contribution < 1.29 is 9.90 Å². The highest BCUT2D eigenvalue weighted by molar-refractivity contribution is 5.80. The minimum absolute atomic E-state index is 0.0556. The molecule has 0 bridgehead atoms. The molecule has 2 rings (SSSR count). The van der Waals surface area contributed by atoms with Gasteiger partial charge in [-0.3, -0.25) is 4.79 Å². The van der Waals surface area contributed by atoms with E-state index in [1.54, 1.807) is 0 Å². The first-order chi connectivity index (χ1) is 7.64. The van der Waals surface area contributed by atoms with E-state index in [9.17, 15) is 9.90 Å². The molecule has 3 N–H and O–H groups in total. The zero-order valence-electron chi connectivity index (χ0n) is 9.23. The van der Waals surface area contributed by atoms with Gasteiger partial charge in [0, 0.05) is 5.92 Å². The zero-order chi connectivity index (χ0) is 11.6. The Bertz CT molecular complexity index is 377. The largest absolute Gasteiger partial charge is 0.480 e. The van der Waals surface area contributed by atoms with Crippen LogP contribution in [0.2, 0.25) is 0 Å². The van der Waals surface area contributed by atoms with Crippen LogP contribution in [0.1, 0.15) is 37.2 Å². The van der Waals surface area contributed by atoms with Gasteiger partial charge in [-0.05, 0) is 18.4 Å². The first-order valence-electron chi connectivity index (χ1n) is 5.72. The molecule has 2 atom stereocenters. The first-order valence-corrected chi connectivity index (χ1v) is 5.72. The van der Waals surface area contributed by atoms with Gasteiger partial charge in [-0.15, -0.1) is 0 Å². The van der Waals surface area contributed by atoms with Gasteiger partial charge in [-0.25, -0.2) is 0 Å². The highest BCUT2D eigenvalue weighted by Gasteiger charge is 2.44. The molecule has 1 saturated carbocycles. The highest BCUT2D eigenvalue weighted by Crippen LogP contribution is 2.39. The Kier molecular flexibility index (Phi) is 2.97. The van der Waals surface area contributed by atoms with Crippen molar-refractivity contribution in [3.05, 3.63) is 35.9 Å². The fraction of sp³-hybridized carbons (Fsp3) is 0.462. The van der Waals surface area contributed by atoms with Crippen LogP contribution in [0.25, 0.3) is 0 Å². The van der Waals surface area contributed by atoms with Gasteiger partial charge in [0.05, 0.1) is 0 Å². The van der Waals surface area contributed by atoms with E-state index in [-0.39, 0.29) is 5.92 Å². The smallest absolute Gasteiger partial charge is 0.324 e. The van der Waals surface area contributed by atoms with E-state index < -0.39 is 11.5 Å². The van der Waals surface area contributed by atoms with E-state index in [0.29, 0.717) is 6.42 Å². The fourth-order valence-electron chi connectivity index (χ4n) is 2.60. The van der Waals surface area contributed by atoms with Crippen molar-refractivity contribution in [3.63, 3.8) is 0 Å². The molecule has 1 aromatic carbocycles. The van der Waals surface area contributed by atoms with Crippen LogP contribution >= 0.6 is 0 Å². The SMILES string of the molecule is N[C@]1(C(=O)O)CCCC[C@@H]1c1ccccc1. The van der Waals surface area contributed by atoms with Gasteiger partial charge in [0.25, 0.3) is 0 Å². The molecule has 0 amide bonds. The number of carbonyl (C=O) groups is 1. The van der Waals surface area contributed by atoms with Crippen LogP contribution in [0.15, 0.2) is 30.3 Å². The maximum absolute atomic E-state index is 11.3. The zero-order valence-corrected chi connectivity index (χ0v) is 9.23. The third-order valence-corrected chi connectivity index (χ3v) is 3.56. The Labute approximate surface area is 95.3 Å². The Morgan fingerprint density at radius 1 is 1.31 bits per heavy atom. The fourth-order valence-corrected chi connectivity index (χ4v) is 2.60. The monoisotopic (exact) mass is 219 g/mol. The predicted octanol–water partition coefficient (Wildman–Crippen LogP) is 2.13. The lowest BCUT2D eigenvalue weighted by Crippen LogP contribution is -2.54. The summed E-state index contributed by atoms with van der Waals surface area (Å²) in [6, 6.07) is 9.75. The summed E-state index contributed by atoms with van der Waals surface area (Å²) in [4.78, 5) is 11.3. The van der Waals surface area contributed by atoms with Gasteiger partial charge in [0.1, 0.15) is 5.54 Å². The van der Waals surface area contributed by atoms with E-state index in [0.717, 1.165) is 24.8 Å². The predicted molar refractivity (Wildman–Crippen MR) is 62.2 cm³/mol. The number of carboxylic acid groups (broad SMARTS) is 1. The molecule has 0 heterocycles. The quantitative estimate of drug-likeness (QED) is 0.800. The number of carboxylic acids is 1. The highest BCUT2D eigenvalue weighted by atomic mass is 16.4. The first kappa shape index (κ1) is 11.1. The van der Waals surface area contributed by atoms with Crippen molar-refractivity contribution in [3.8, 4) is 0 Å². The summed E-state index contributed by atoms with van der Waals surface area (Å²) in [5, 5.41) is 9.30. The normalized spacial score (nSPS) is 29.9. The lowest BCUT2D eigenvalue weighted by Gasteiger charge is -2.38. The average molecular weight is 219 g/mol. The molecule has 1 aromatic rings. The van der Waals surface area contributed by atoms with Crippen LogP contribution in [0.4, 0.5) is 0 Å². The molecule has 1 fully saturated rings. The van der Waals surface area contributed by atoms with Gasteiger partial charge in [0.15, 0.2) is 0 Å². The molecule has 0 spiro atoms. The van der Waals surface area contributed by atoms with Gasteiger partial charge >= 0.3 is 5.97 Å². The standard InChI is InChI=1S/C13H17NO2/c14-13(12(15)16)9-5-4-8-11(13)10-6-2-1-3-7-10/h1-3,6-7,11H,4-5,8-9,14H2,(H,15,16)/t11-,13-/m1/s1. The van der Waals surface area contributed by atoms with Crippen LogP contribution in [-0.4, -0.2) is 16.6 Å². The second kappa shape index (κ2) is 4.26. The Morgan fingerprint density at radius 3 is 2.62 bits per heavy atom. The topological polar surface area (TPSA) is 63.3 Å².